The molecule has 22 heavy (non-hydrogen) atoms. The fraction of sp³-hybridized carbons (Fsp3) is 0.133. The number of nitrogens with zero attached hydrogens (tertiary/aromatic N) is 1. The Kier molecular flexibility index (Phi) is 4.87. The molecule has 0 radical (unpaired) electrons. The van der Waals surface area contributed by atoms with Gasteiger partial charge in [-0.15, -0.1) is 0 Å². The van der Waals surface area contributed by atoms with E-state index < -0.39 is 10.0 Å². The Morgan fingerprint density at radius 1 is 1.14 bits per heavy atom. The van der Waals surface area contributed by atoms with Gasteiger partial charge in [-0.3, -0.25) is 9.10 Å². The van der Waals surface area contributed by atoms with Crippen molar-refractivity contribution in [3.8, 4) is 0 Å². The number of amides is 1. The molecule has 0 aliphatic heterocycles. The van der Waals surface area contributed by atoms with Crippen LogP contribution in [-0.4, -0.2) is 21.4 Å². The highest BCUT2D eigenvalue weighted by Crippen LogP contribution is 2.25. The van der Waals surface area contributed by atoms with Gasteiger partial charge in [0, 0.05) is 24.1 Å². The zero-order valence-corrected chi connectivity index (χ0v) is 14.5. The number of carbonyl (C=O) groups excluding carboxylic acids is 1. The summed E-state index contributed by atoms with van der Waals surface area (Å²) >= 11 is 3.32. The molecule has 2 rings (SSSR count). The van der Waals surface area contributed by atoms with Crippen molar-refractivity contribution in [3.05, 3.63) is 53.0 Å². The first-order valence-corrected chi connectivity index (χ1v) is 8.66. The summed E-state index contributed by atoms with van der Waals surface area (Å²) in [6, 6.07) is 13.1. The number of hydrogen-bond donors (Lipinski definition) is 1. The summed E-state index contributed by atoms with van der Waals surface area (Å²) in [7, 11) is -2.16. The number of benzene rings is 2. The minimum absolute atomic E-state index is 0.157. The van der Waals surface area contributed by atoms with E-state index >= 15 is 0 Å². The van der Waals surface area contributed by atoms with Crippen molar-refractivity contribution in [1.29, 1.82) is 0 Å². The molecule has 0 spiro atoms. The fourth-order valence-corrected chi connectivity index (χ4v) is 3.46. The van der Waals surface area contributed by atoms with Gasteiger partial charge in [-0.1, -0.05) is 22.0 Å². The predicted octanol–water partition coefficient (Wildman–Crippen LogP) is 3.23. The minimum Gasteiger partial charge on any atom is -0.326 e. The molecular weight excluding hydrogens is 368 g/mol. The van der Waals surface area contributed by atoms with Crippen LogP contribution < -0.4 is 9.62 Å². The summed E-state index contributed by atoms with van der Waals surface area (Å²) in [6.07, 6.45) is 0. The highest BCUT2D eigenvalue weighted by Gasteiger charge is 2.21. The number of carbonyl (C=O) groups is 1. The molecule has 0 fully saturated rings. The molecule has 0 aliphatic carbocycles. The van der Waals surface area contributed by atoms with E-state index in [9.17, 15) is 13.2 Å². The molecule has 0 aliphatic rings. The van der Waals surface area contributed by atoms with Crippen LogP contribution >= 0.6 is 15.9 Å². The molecule has 0 atom stereocenters. The maximum absolute atomic E-state index is 12.6. The largest absolute Gasteiger partial charge is 0.326 e. The number of hydrogen-bond acceptors (Lipinski definition) is 3. The lowest BCUT2D eigenvalue weighted by molar-refractivity contribution is -0.114. The quantitative estimate of drug-likeness (QED) is 0.882. The molecule has 0 unspecified atom stereocenters. The van der Waals surface area contributed by atoms with E-state index in [-0.39, 0.29) is 10.8 Å². The van der Waals surface area contributed by atoms with Gasteiger partial charge in [-0.25, -0.2) is 8.42 Å². The van der Waals surface area contributed by atoms with Gasteiger partial charge in [0.2, 0.25) is 5.91 Å². The van der Waals surface area contributed by atoms with Gasteiger partial charge in [0.15, 0.2) is 0 Å². The van der Waals surface area contributed by atoms with Gasteiger partial charge < -0.3 is 5.32 Å². The molecule has 0 saturated heterocycles. The Hall–Kier alpha value is -1.86. The zero-order chi connectivity index (χ0) is 16.3. The lowest BCUT2D eigenvalue weighted by Gasteiger charge is -2.20. The van der Waals surface area contributed by atoms with Crippen molar-refractivity contribution in [3.63, 3.8) is 0 Å². The van der Waals surface area contributed by atoms with Gasteiger partial charge >= 0.3 is 0 Å². The molecule has 0 saturated carbocycles. The van der Waals surface area contributed by atoms with E-state index in [0.717, 1.165) is 4.47 Å². The summed E-state index contributed by atoms with van der Waals surface area (Å²) in [5, 5.41) is 2.60. The first-order valence-electron chi connectivity index (χ1n) is 6.43. The first-order chi connectivity index (χ1) is 10.3. The first kappa shape index (κ1) is 16.5. The summed E-state index contributed by atoms with van der Waals surface area (Å²) in [4.78, 5) is 11.1. The molecule has 0 heterocycles. The third-order valence-electron chi connectivity index (χ3n) is 3.00. The Morgan fingerprint density at radius 3 is 2.32 bits per heavy atom. The van der Waals surface area contributed by atoms with E-state index in [1.165, 1.54) is 30.4 Å². The molecule has 1 N–H and O–H groups in total. The SMILES string of the molecule is CC(=O)Nc1ccc(S(=O)(=O)N(C)c2cccc(Br)c2)cc1. The normalized spacial score (nSPS) is 11.0. The summed E-state index contributed by atoms with van der Waals surface area (Å²) < 4.78 is 27.2. The molecule has 2 aromatic rings. The molecule has 0 bridgehead atoms. The van der Waals surface area contributed by atoms with Gasteiger partial charge in [-0.05, 0) is 42.5 Å². The van der Waals surface area contributed by atoms with E-state index in [4.69, 9.17) is 0 Å². The van der Waals surface area contributed by atoms with Crippen molar-refractivity contribution < 1.29 is 13.2 Å². The van der Waals surface area contributed by atoms with Gasteiger partial charge in [0.25, 0.3) is 10.0 Å². The number of anilines is 2. The van der Waals surface area contributed by atoms with Crippen molar-refractivity contribution >= 4 is 43.2 Å². The van der Waals surface area contributed by atoms with E-state index in [0.29, 0.717) is 11.4 Å². The summed E-state index contributed by atoms with van der Waals surface area (Å²) in [5.74, 6) is -0.207. The second-order valence-corrected chi connectivity index (χ2v) is 7.54. The zero-order valence-electron chi connectivity index (χ0n) is 12.1. The maximum Gasteiger partial charge on any atom is 0.264 e. The third kappa shape index (κ3) is 3.66. The monoisotopic (exact) mass is 382 g/mol. The molecule has 5 nitrogen and oxygen atoms in total. The van der Waals surface area contributed by atoms with Crippen LogP contribution in [0.15, 0.2) is 57.9 Å². The van der Waals surface area contributed by atoms with Crippen molar-refractivity contribution in [2.24, 2.45) is 0 Å². The van der Waals surface area contributed by atoms with Crippen LogP contribution in [0.1, 0.15) is 6.92 Å². The van der Waals surface area contributed by atoms with E-state index in [1.54, 1.807) is 30.3 Å². The van der Waals surface area contributed by atoms with Crippen LogP contribution in [0, 0.1) is 0 Å². The Labute approximate surface area is 138 Å². The molecule has 1 amide bonds. The molecule has 7 heteroatoms. The number of halogens is 1. The lowest BCUT2D eigenvalue weighted by Crippen LogP contribution is -2.26. The predicted molar refractivity (Wildman–Crippen MR) is 90.5 cm³/mol. The van der Waals surface area contributed by atoms with Crippen LogP contribution in [0.5, 0.6) is 0 Å². The average molecular weight is 383 g/mol. The fourth-order valence-electron chi connectivity index (χ4n) is 1.88. The standard InChI is InChI=1S/C15H15BrN2O3S/c1-11(19)17-13-6-8-15(9-7-13)22(20,21)18(2)14-5-3-4-12(16)10-14/h3-10H,1-2H3,(H,17,19). The number of nitrogens with one attached hydrogen (secondary N) is 1. The Balaban J connectivity index is 2.31. The number of rotatable bonds is 4. The summed E-state index contributed by atoms with van der Waals surface area (Å²) in [5.41, 5.74) is 1.11. The maximum atomic E-state index is 12.6. The molecule has 0 aromatic heterocycles. The van der Waals surface area contributed by atoms with E-state index in [1.807, 2.05) is 6.07 Å². The van der Waals surface area contributed by atoms with Crippen LogP contribution in [0.2, 0.25) is 0 Å². The summed E-state index contributed by atoms with van der Waals surface area (Å²) in [6.45, 7) is 1.39. The smallest absolute Gasteiger partial charge is 0.264 e. The van der Waals surface area contributed by atoms with Crippen molar-refractivity contribution in [2.75, 3.05) is 16.7 Å². The third-order valence-corrected chi connectivity index (χ3v) is 5.30. The molecule has 116 valence electrons. The topological polar surface area (TPSA) is 66.5 Å². The van der Waals surface area contributed by atoms with Crippen LogP contribution in [0.25, 0.3) is 0 Å². The lowest BCUT2D eigenvalue weighted by atomic mass is 10.3. The van der Waals surface area contributed by atoms with Gasteiger partial charge in [0.1, 0.15) is 0 Å². The van der Waals surface area contributed by atoms with E-state index in [2.05, 4.69) is 21.2 Å². The van der Waals surface area contributed by atoms with Crippen LogP contribution in [-0.2, 0) is 14.8 Å². The van der Waals surface area contributed by atoms with Gasteiger partial charge in [0.05, 0.1) is 10.6 Å². The van der Waals surface area contributed by atoms with Crippen molar-refractivity contribution in [1.82, 2.24) is 0 Å². The minimum atomic E-state index is -3.65. The second-order valence-electron chi connectivity index (χ2n) is 4.66. The average Bonchev–Trinajstić information content (AvgIpc) is 2.46. The van der Waals surface area contributed by atoms with Gasteiger partial charge in [-0.2, -0.15) is 0 Å². The van der Waals surface area contributed by atoms with Crippen LogP contribution in [0.4, 0.5) is 11.4 Å². The molecule has 2 aromatic carbocycles. The second kappa shape index (κ2) is 6.50. The Morgan fingerprint density at radius 2 is 1.77 bits per heavy atom. The van der Waals surface area contributed by atoms with Crippen molar-refractivity contribution in [2.45, 2.75) is 11.8 Å². The number of sulfonamides is 1. The Bertz CT molecular complexity index is 789. The molecular formula is C15H15BrN2O3S. The highest BCUT2D eigenvalue weighted by atomic mass is 79.9. The highest BCUT2D eigenvalue weighted by molar-refractivity contribution is 9.10. The van der Waals surface area contributed by atoms with Crippen LogP contribution in [0.3, 0.4) is 0 Å².